The van der Waals surface area contributed by atoms with Crippen molar-refractivity contribution in [2.45, 2.75) is 38.3 Å². The Hall–Kier alpha value is -2.18. The second-order valence-electron chi connectivity index (χ2n) is 5.80. The Morgan fingerprint density at radius 2 is 1.71 bits per heavy atom. The molecule has 2 rings (SSSR count). The van der Waals surface area contributed by atoms with Gasteiger partial charge >= 0.3 is 5.97 Å². The SMILES string of the molecule is Cc1ccc(S(=O)(=O)N(Cc2ccccc2)C(C)C(=O)O)cc1C. The van der Waals surface area contributed by atoms with Gasteiger partial charge in [-0.15, -0.1) is 0 Å². The van der Waals surface area contributed by atoms with E-state index in [1.165, 1.54) is 13.0 Å². The molecule has 1 unspecified atom stereocenters. The Kier molecular flexibility index (Phi) is 5.41. The van der Waals surface area contributed by atoms with Crippen LogP contribution in [-0.2, 0) is 21.4 Å². The highest BCUT2D eigenvalue weighted by Gasteiger charge is 2.33. The molecule has 2 aromatic carbocycles. The number of carbonyl (C=O) groups is 1. The predicted molar refractivity (Wildman–Crippen MR) is 92.2 cm³/mol. The van der Waals surface area contributed by atoms with Crippen LogP contribution >= 0.6 is 0 Å². The van der Waals surface area contributed by atoms with Gasteiger partial charge < -0.3 is 5.11 Å². The quantitative estimate of drug-likeness (QED) is 0.872. The maximum atomic E-state index is 13.0. The van der Waals surface area contributed by atoms with Crippen molar-refractivity contribution in [1.82, 2.24) is 4.31 Å². The van der Waals surface area contributed by atoms with Gasteiger partial charge in [0.05, 0.1) is 4.90 Å². The molecule has 0 fully saturated rings. The van der Waals surface area contributed by atoms with E-state index in [0.29, 0.717) is 0 Å². The van der Waals surface area contributed by atoms with E-state index in [1.807, 2.05) is 19.9 Å². The summed E-state index contributed by atoms with van der Waals surface area (Å²) in [6, 6.07) is 12.6. The molecule has 0 aliphatic carbocycles. The lowest BCUT2D eigenvalue weighted by Gasteiger charge is -2.26. The molecule has 6 heteroatoms. The summed E-state index contributed by atoms with van der Waals surface area (Å²) in [5, 5.41) is 9.33. The van der Waals surface area contributed by atoms with Crippen LogP contribution in [0, 0.1) is 13.8 Å². The fourth-order valence-corrected chi connectivity index (χ4v) is 3.99. The van der Waals surface area contributed by atoms with Crippen LogP contribution in [0.5, 0.6) is 0 Å². The second kappa shape index (κ2) is 7.15. The number of aliphatic carboxylic acids is 1. The predicted octanol–water partition coefficient (Wildman–Crippen LogP) is 2.97. The van der Waals surface area contributed by atoms with Crippen LogP contribution in [0.25, 0.3) is 0 Å². The van der Waals surface area contributed by atoms with E-state index < -0.39 is 22.0 Å². The summed E-state index contributed by atoms with van der Waals surface area (Å²) in [5.74, 6) is -1.18. The van der Waals surface area contributed by atoms with Gasteiger partial charge in [-0.1, -0.05) is 36.4 Å². The Bertz CT molecular complexity index is 831. The third kappa shape index (κ3) is 3.83. The van der Waals surface area contributed by atoms with E-state index in [0.717, 1.165) is 21.0 Å². The zero-order valence-electron chi connectivity index (χ0n) is 13.9. The van der Waals surface area contributed by atoms with Gasteiger partial charge in [0, 0.05) is 6.54 Å². The summed E-state index contributed by atoms with van der Waals surface area (Å²) < 4.78 is 27.0. The summed E-state index contributed by atoms with van der Waals surface area (Å²) in [6.45, 7) is 5.11. The zero-order chi connectivity index (χ0) is 17.9. The summed E-state index contributed by atoms with van der Waals surface area (Å²) in [7, 11) is -3.93. The van der Waals surface area contributed by atoms with Crippen molar-refractivity contribution in [3.05, 3.63) is 65.2 Å². The molecule has 1 atom stereocenters. The molecule has 128 valence electrons. The average molecular weight is 347 g/mol. The first-order chi connectivity index (χ1) is 11.2. The number of aryl methyl sites for hydroxylation is 2. The number of hydrogen-bond donors (Lipinski definition) is 1. The monoisotopic (exact) mass is 347 g/mol. The fraction of sp³-hybridized carbons (Fsp3) is 0.278. The van der Waals surface area contributed by atoms with Crippen molar-refractivity contribution in [2.24, 2.45) is 0 Å². The molecule has 0 bridgehead atoms. The summed E-state index contributed by atoms with van der Waals surface area (Å²) >= 11 is 0. The van der Waals surface area contributed by atoms with Gasteiger partial charge in [0.1, 0.15) is 6.04 Å². The molecule has 0 saturated carbocycles. The second-order valence-corrected chi connectivity index (χ2v) is 7.69. The smallest absolute Gasteiger partial charge is 0.321 e. The Balaban J connectivity index is 2.48. The van der Waals surface area contributed by atoms with E-state index in [2.05, 4.69) is 0 Å². The lowest BCUT2D eigenvalue weighted by molar-refractivity contribution is -0.141. The van der Waals surface area contributed by atoms with Crippen molar-refractivity contribution < 1.29 is 18.3 Å². The summed E-state index contributed by atoms with van der Waals surface area (Å²) in [6.07, 6.45) is 0. The molecule has 24 heavy (non-hydrogen) atoms. The van der Waals surface area contributed by atoms with Crippen LogP contribution in [-0.4, -0.2) is 29.8 Å². The summed E-state index contributed by atoms with van der Waals surface area (Å²) in [4.78, 5) is 11.5. The van der Waals surface area contributed by atoms with E-state index >= 15 is 0 Å². The largest absolute Gasteiger partial charge is 0.480 e. The van der Waals surface area contributed by atoms with Gasteiger partial charge in [-0.3, -0.25) is 4.79 Å². The molecule has 0 aliphatic heterocycles. The molecule has 1 N–H and O–H groups in total. The normalized spacial score (nSPS) is 13.0. The third-order valence-corrected chi connectivity index (χ3v) is 5.97. The van der Waals surface area contributed by atoms with Gasteiger partial charge in [-0.05, 0) is 49.6 Å². The topological polar surface area (TPSA) is 74.7 Å². The highest BCUT2D eigenvalue weighted by Crippen LogP contribution is 2.23. The average Bonchev–Trinajstić information content (AvgIpc) is 2.55. The maximum Gasteiger partial charge on any atom is 0.321 e. The van der Waals surface area contributed by atoms with E-state index in [9.17, 15) is 18.3 Å². The molecule has 2 aromatic rings. The number of rotatable bonds is 6. The molecule has 0 aliphatic rings. The fourth-order valence-electron chi connectivity index (χ4n) is 2.33. The van der Waals surface area contributed by atoms with Crippen LogP contribution in [0.2, 0.25) is 0 Å². The molecule has 0 spiro atoms. The molecule has 0 amide bonds. The Labute approximate surface area is 142 Å². The van der Waals surface area contributed by atoms with E-state index in [4.69, 9.17) is 0 Å². The van der Waals surface area contributed by atoms with Gasteiger partial charge in [-0.25, -0.2) is 8.42 Å². The number of carboxylic acid groups (broad SMARTS) is 1. The molecule has 0 heterocycles. The first-order valence-corrected chi connectivity index (χ1v) is 9.03. The van der Waals surface area contributed by atoms with Crippen LogP contribution in [0.1, 0.15) is 23.6 Å². The Morgan fingerprint density at radius 3 is 2.25 bits per heavy atom. The van der Waals surface area contributed by atoms with E-state index in [-0.39, 0.29) is 11.4 Å². The first kappa shape index (κ1) is 18.2. The number of benzene rings is 2. The summed E-state index contributed by atoms with van der Waals surface area (Å²) in [5.41, 5.74) is 2.56. The standard InChI is InChI=1S/C18H21NO4S/c1-13-9-10-17(11-14(13)2)24(22,23)19(15(3)18(20)21)12-16-7-5-4-6-8-16/h4-11,15H,12H2,1-3H3,(H,20,21). The van der Waals surface area contributed by atoms with Crippen molar-refractivity contribution in [2.75, 3.05) is 0 Å². The van der Waals surface area contributed by atoms with Crippen molar-refractivity contribution in [3.63, 3.8) is 0 Å². The number of hydrogen-bond acceptors (Lipinski definition) is 3. The van der Waals surface area contributed by atoms with Gasteiger partial charge in [0.15, 0.2) is 0 Å². The maximum absolute atomic E-state index is 13.0. The third-order valence-electron chi connectivity index (χ3n) is 4.06. The molecule has 0 aromatic heterocycles. The molecular formula is C18H21NO4S. The van der Waals surface area contributed by atoms with Crippen LogP contribution in [0.4, 0.5) is 0 Å². The zero-order valence-corrected chi connectivity index (χ0v) is 14.7. The minimum atomic E-state index is -3.93. The molecule has 0 saturated heterocycles. The first-order valence-electron chi connectivity index (χ1n) is 7.59. The minimum Gasteiger partial charge on any atom is -0.480 e. The lowest BCUT2D eigenvalue weighted by Crippen LogP contribution is -2.42. The Morgan fingerprint density at radius 1 is 1.08 bits per heavy atom. The van der Waals surface area contributed by atoms with Crippen molar-refractivity contribution in [3.8, 4) is 0 Å². The van der Waals surface area contributed by atoms with Crippen molar-refractivity contribution >= 4 is 16.0 Å². The van der Waals surface area contributed by atoms with Gasteiger partial charge in [0.2, 0.25) is 10.0 Å². The van der Waals surface area contributed by atoms with Gasteiger partial charge in [0.25, 0.3) is 0 Å². The van der Waals surface area contributed by atoms with Crippen LogP contribution < -0.4 is 0 Å². The number of sulfonamides is 1. The highest BCUT2D eigenvalue weighted by atomic mass is 32.2. The molecule has 0 radical (unpaired) electrons. The molecular weight excluding hydrogens is 326 g/mol. The van der Waals surface area contributed by atoms with Gasteiger partial charge in [-0.2, -0.15) is 4.31 Å². The van der Waals surface area contributed by atoms with Crippen LogP contribution in [0.15, 0.2) is 53.4 Å². The molecule has 5 nitrogen and oxygen atoms in total. The minimum absolute atomic E-state index is 0.00354. The number of nitrogens with zero attached hydrogens (tertiary/aromatic N) is 1. The lowest BCUT2D eigenvalue weighted by atomic mass is 10.1. The van der Waals surface area contributed by atoms with Crippen molar-refractivity contribution in [1.29, 1.82) is 0 Å². The van der Waals surface area contributed by atoms with E-state index in [1.54, 1.807) is 36.4 Å². The highest BCUT2D eigenvalue weighted by molar-refractivity contribution is 7.89. The number of carboxylic acids is 1. The van der Waals surface area contributed by atoms with Crippen LogP contribution in [0.3, 0.4) is 0 Å².